The second-order valence-electron chi connectivity index (χ2n) is 12.1. The Labute approximate surface area is 173 Å². The topological polar surface area (TPSA) is 47.9 Å². The highest BCUT2D eigenvalue weighted by molar-refractivity contribution is 6.74. The average Bonchev–Trinajstić information content (AvgIpc) is 3.36. The maximum absolute atomic E-state index is 10.4. The van der Waals surface area contributed by atoms with Crippen LogP contribution in [0.3, 0.4) is 0 Å². The van der Waals surface area contributed by atoms with Crippen LogP contribution in [0.2, 0.25) is 18.1 Å². The summed E-state index contributed by atoms with van der Waals surface area (Å²) in [6.45, 7) is 18.0. The van der Waals surface area contributed by atoms with Gasteiger partial charge in [-0.3, -0.25) is 0 Å². The average molecular weight is 413 g/mol. The predicted octanol–water partition coefficient (Wildman–Crippen LogP) is 5.78. The van der Waals surface area contributed by atoms with Crippen LogP contribution < -0.4 is 0 Å². The maximum atomic E-state index is 10.4. The molecule has 3 atom stereocenters. The molecule has 1 N–H and O–H groups in total. The Morgan fingerprint density at radius 1 is 1.14 bits per heavy atom. The van der Waals surface area contributed by atoms with Crippen LogP contribution in [0.5, 0.6) is 0 Å². The summed E-state index contributed by atoms with van der Waals surface area (Å²) >= 11 is 0. The molecular formula is C23H44O4Si. The summed E-state index contributed by atoms with van der Waals surface area (Å²) in [6, 6.07) is 0. The van der Waals surface area contributed by atoms with E-state index in [0.717, 1.165) is 51.4 Å². The minimum Gasteiger partial charge on any atom is -0.414 e. The van der Waals surface area contributed by atoms with Crippen molar-refractivity contribution in [2.45, 2.75) is 140 Å². The van der Waals surface area contributed by atoms with Gasteiger partial charge >= 0.3 is 0 Å². The molecule has 2 saturated carbocycles. The lowest BCUT2D eigenvalue weighted by Crippen LogP contribution is -2.49. The van der Waals surface area contributed by atoms with Crippen molar-refractivity contribution in [2.24, 2.45) is 5.92 Å². The second-order valence-corrected chi connectivity index (χ2v) is 16.9. The molecule has 4 nitrogen and oxygen atoms in total. The lowest BCUT2D eigenvalue weighted by Gasteiger charge is -2.44. The van der Waals surface area contributed by atoms with Gasteiger partial charge in [0.15, 0.2) is 14.1 Å². The molecule has 0 aromatic carbocycles. The highest BCUT2D eigenvalue weighted by Crippen LogP contribution is 2.51. The first-order chi connectivity index (χ1) is 12.6. The van der Waals surface area contributed by atoms with Gasteiger partial charge in [-0.15, -0.1) is 0 Å². The van der Waals surface area contributed by atoms with Crippen molar-refractivity contribution in [3.63, 3.8) is 0 Å². The molecule has 1 heterocycles. The van der Waals surface area contributed by atoms with E-state index in [2.05, 4.69) is 40.8 Å². The number of ether oxygens (including phenoxy) is 2. The van der Waals surface area contributed by atoms with Gasteiger partial charge in [0.2, 0.25) is 0 Å². The summed E-state index contributed by atoms with van der Waals surface area (Å²) in [7, 11) is -1.87. The van der Waals surface area contributed by atoms with Gasteiger partial charge in [-0.05, 0) is 82.8 Å². The molecule has 1 saturated heterocycles. The first-order valence-electron chi connectivity index (χ1n) is 11.4. The van der Waals surface area contributed by atoms with Crippen LogP contribution in [0.25, 0.3) is 0 Å². The molecule has 0 amide bonds. The number of hydrogen-bond acceptors (Lipinski definition) is 4. The van der Waals surface area contributed by atoms with Gasteiger partial charge in [-0.25, -0.2) is 0 Å². The Morgan fingerprint density at radius 2 is 1.75 bits per heavy atom. The van der Waals surface area contributed by atoms with E-state index in [1.54, 1.807) is 0 Å². The van der Waals surface area contributed by atoms with Gasteiger partial charge in [-0.1, -0.05) is 27.7 Å². The monoisotopic (exact) mass is 412 g/mol. The molecule has 0 aromatic rings. The molecule has 28 heavy (non-hydrogen) atoms. The van der Waals surface area contributed by atoms with Crippen LogP contribution in [-0.2, 0) is 13.9 Å². The Bertz CT molecular complexity index is 551. The van der Waals surface area contributed by atoms with E-state index in [9.17, 15) is 5.11 Å². The van der Waals surface area contributed by atoms with E-state index < -0.39 is 19.7 Å². The van der Waals surface area contributed by atoms with Crippen LogP contribution in [-0.4, -0.2) is 42.6 Å². The SMILES string of the molecule is C[C@H](C[C@H](C[C@@H]1CC2(CC2)OC(C)(C)O1)O[Si](C)(C)C(C)(C)C)CC1(O)CC1. The Morgan fingerprint density at radius 3 is 2.25 bits per heavy atom. The first kappa shape index (κ1) is 22.7. The molecule has 0 unspecified atom stereocenters. The molecule has 0 aromatic heterocycles. The van der Waals surface area contributed by atoms with E-state index in [1.165, 1.54) is 0 Å². The lowest BCUT2D eigenvalue weighted by atomic mass is 9.92. The van der Waals surface area contributed by atoms with E-state index in [1.807, 2.05) is 13.8 Å². The predicted molar refractivity (Wildman–Crippen MR) is 116 cm³/mol. The Balaban J connectivity index is 1.68. The van der Waals surface area contributed by atoms with Gasteiger partial charge in [-0.2, -0.15) is 0 Å². The molecule has 0 radical (unpaired) electrons. The van der Waals surface area contributed by atoms with Crippen LogP contribution >= 0.6 is 0 Å². The third kappa shape index (κ3) is 5.81. The van der Waals surface area contributed by atoms with Gasteiger partial charge in [0.05, 0.1) is 17.3 Å². The zero-order valence-electron chi connectivity index (χ0n) is 19.6. The van der Waals surface area contributed by atoms with Crippen molar-refractivity contribution in [3.05, 3.63) is 0 Å². The van der Waals surface area contributed by atoms with E-state index >= 15 is 0 Å². The standard InChI is InChI=1S/C23H44O4Si/c1-17(15-22(24)9-10-22)13-18(26-28(7,8)20(2,3)4)14-19-16-23(11-12-23)27-21(5,6)25-19/h17-19,24H,9-16H2,1-8H3/t17-,18-,19-/m1/s1. The molecular weight excluding hydrogens is 368 g/mol. The molecule has 3 rings (SSSR count). The highest BCUT2D eigenvalue weighted by atomic mass is 28.4. The fraction of sp³-hybridized carbons (Fsp3) is 1.00. The number of aliphatic hydroxyl groups is 1. The van der Waals surface area contributed by atoms with Gasteiger partial charge in [0.1, 0.15) is 0 Å². The van der Waals surface area contributed by atoms with Crippen LogP contribution in [0.15, 0.2) is 0 Å². The quantitative estimate of drug-likeness (QED) is 0.513. The third-order valence-electron chi connectivity index (χ3n) is 7.33. The third-order valence-corrected chi connectivity index (χ3v) is 11.9. The summed E-state index contributed by atoms with van der Waals surface area (Å²) in [5.41, 5.74) is -0.334. The summed E-state index contributed by atoms with van der Waals surface area (Å²) in [5.74, 6) is -0.0413. The van der Waals surface area contributed by atoms with Gasteiger partial charge in [0.25, 0.3) is 0 Å². The Kier molecular flexibility index (Phi) is 5.95. The van der Waals surface area contributed by atoms with Crippen molar-refractivity contribution in [2.75, 3.05) is 0 Å². The lowest BCUT2D eigenvalue weighted by molar-refractivity contribution is -0.311. The minimum absolute atomic E-state index is 0.0583. The molecule has 3 aliphatic rings. The maximum Gasteiger partial charge on any atom is 0.192 e. The second kappa shape index (κ2) is 7.33. The smallest absolute Gasteiger partial charge is 0.192 e. The number of hydrogen-bond donors (Lipinski definition) is 1. The van der Waals surface area contributed by atoms with Crippen LogP contribution in [0, 0.1) is 5.92 Å². The molecule has 0 bridgehead atoms. The van der Waals surface area contributed by atoms with Gasteiger partial charge < -0.3 is 19.0 Å². The summed E-state index contributed by atoms with van der Waals surface area (Å²) in [6.07, 6.45) is 8.45. The fourth-order valence-corrected chi connectivity index (χ4v) is 6.01. The van der Waals surface area contributed by atoms with E-state index in [-0.39, 0.29) is 22.8 Å². The van der Waals surface area contributed by atoms with Crippen LogP contribution in [0.4, 0.5) is 0 Å². The summed E-state index contributed by atoms with van der Waals surface area (Å²) in [4.78, 5) is 0. The Hall–Kier alpha value is 0.0569. The normalized spacial score (nSPS) is 30.1. The van der Waals surface area contributed by atoms with E-state index in [0.29, 0.717) is 5.92 Å². The van der Waals surface area contributed by atoms with Crippen molar-refractivity contribution in [1.82, 2.24) is 0 Å². The zero-order chi connectivity index (χ0) is 21.0. The van der Waals surface area contributed by atoms with Gasteiger partial charge in [0, 0.05) is 12.5 Å². The number of rotatable bonds is 8. The fourth-order valence-electron chi connectivity index (χ4n) is 4.63. The molecule has 1 aliphatic heterocycles. The zero-order valence-corrected chi connectivity index (χ0v) is 20.6. The van der Waals surface area contributed by atoms with Crippen molar-refractivity contribution >= 4 is 8.32 Å². The summed E-state index contributed by atoms with van der Waals surface area (Å²) in [5, 5.41) is 10.6. The minimum atomic E-state index is -1.87. The first-order valence-corrected chi connectivity index (χ1v) is 14.3. The highest BCUT2D eigenvalue weighted by Gasteiger charge is 2.54. The molecule has 3 fully saturated rings. The molecule has 164 valence electrons. The van der Waals surface area contributed by atoms with Crippen LogP contribution in [0.1, 0.15) is 92.9 Å². The van der Waals surface area contributed by atoms with E-state index in [4.69, 9.17) is 13.9 Å². The molecule has 5 heteroatoms. The van der Waals surface area contributed by atoms with Crippen molar-refractivity contribution in [1.29, 1.82) is 0 Å². The van der Waals surface area contributed by atoms with Crippen molar-refractivity contribution in [3.8, 4) is 0 Å². The van der Waals surface area contributed by atoms with Crippen molar-refractivity contribution < 1.29 is 19.0 Å². The molecule has 2 aliphatic carbocycles. The summed E-state index contributed by atoms with van der Waals surface area (Å²) < 4.78 is 19.4. The molecule has 1 spiro atoms. The largest absolute Gasteiger partial charge is 0.414 e.